The SMILES string of the molecule is O=C1/C(=C\c2ccccc2)CN1Cc1ccccc1. The zero-order chi connectivity index (χ0) is 13.1. The average Bonchev–Trinajstić information content (AvgIpc) is 2.48. The maximum absolute atomic E-state index is 12.0. The van der Waals surface area contributed by atoms with Crippen LogP contribution in [0.3, 0.4) is 0 Å². The van der Waals surface area contributed by atoms with Crippen molar-refractivity contribution in [3.63, 3.8) is 0 Å². The lowest BCUT2D eigenvalue weighted by Gasteiger charge is -2.33. The molecule has 0 aromatic heterocycles. The molecule has 0 bridgehead atoms. The Balaban J connectivity index is 1.66. The third-order valence-corrected chi connectivity index (χ3v) is 3.28. The molecule has 2 nitrogen and oxygen atoms in total. The highest BCUT2D eigenvalue weighted by atomic mass is 16.2. The topological polar surface area (TPSA) is 20.3 Å². The molecule has 3 rings (SSSR count). The van der Waals surface area contributed by atoms with Gasteiger partial charge in [0, 0.05) is 12.1 Å². The lowest BCUT2D eigenvalue weighted by molar-refractivity contribution is -0.133. The maximum atomic E-state index is 12.0. The van der Waals surface area contributed by atoms with Crippen LogP contribution in [0, 0.1) is 0 Å². The van der Waals surface area contributed by atoms with E-state index in [0.29, 0.717) is 6.54 Å². The summed E-state index contributed by atoms with van der Waals surface area (Å²) in [6.07, 6.45) is 1.98. The van der Waals surface area contributed by atoms with Gasteiger partial charge in [0.15, 0.2) is 0 Å². The van der Waals surface area contributed by atoms with E-state index in [-0.39, 0.29) is 5.91 Å². The summed E-state index contributed by atoms with van der Waals surface area (Å²) in [5, 5.41) is 0. The second-order valence-corrected chi connectivity index (χ2v) is 4.73. The van der Waals surface area contributed by atoms with Crippen molar-refractivity contribution in [2.75, 3.05) is 6.54 Å². The summed E-state index contributed by atoms with van der Waals surface area (Å²) in [7, 11) is 0. The fourth-order valence-electron chi connectivity index (χ4n) is 2.25. The van der Waals surface area contributed by atoms with Crippen LogP contribution in [0.1, 0.15) is 11.1 Å². The Morgan fingerprint density at radius 1 is 0.947 bits per heavy atom. The van der Waals surface area contributed by atoms with Crippen molar-refractivity contribution < 1.29 is 4.79 Å². The van der Waals surface area contributed by atoms with Gasteiger partial charge >= 0.3 is 0 Å². The maximum Gasteiger partial charge on any atom is 0.252 e. The molecule has 0 atom stereocenters. The first kappa shape index (κ1) is 11.7. The lowest BCUT2D eigenvalue weighted by Crippen LogP contribution is -2.45. The van der Waals surface area contributed by atoms with Crippen molar-refractivity contribution in [1.29, 1.82) is 0 Å². The summed E-state index contributed by atoms with van der Waals surface area (Å²) in [5.74, 6) is 0.146. The number of rotatable bonds is 3. The van der Waals surface area contributed by atoms with Gasteiger partial charge in [-0.15, -0.1) is 0 Å². The van der Waals surface area contributed by atoms with Crippen molar-refractivity contribution in [1.82, 2.24) is 4.90 Å². The van der Waals surface area contributed by atoms with Gasteiger partial charge in [-0.3, -0.25) is 4.79 Å². The van der Waals surface area contributed by atoms with Gasteiger partial charge in [-0.05, 0) is 17.2 Å². The highest BCUT2D eigenvalue weighted by Gasteiger charge is 2.29. The van der Waals surface area contributed by atoms with Crippen molar-refractivity contribution in [3.05, 3.63) is 77.4 Å². The summed E-state index contributed by atoms with van der Waals surface area (Å²) < 4.78 is 0. The number of hydrogen-bond donors (Lipinski definition) is 0. The molecule has 0 unspecified atom stereocenters. The molecule has 1 fully saturated rings. The molecule has 1 saturated heterocycles. The van der Waals surface area contributed by atoms with Gasteiger partial charge in [0.1, 0.15) is 0 Å². The molecule has 0 saturated carbocycles. The van der Waals surface area contributed by atoms with Crippen molar-refractivity contribution in [2.24, 2.45) is 0 Å². The van der Waals surface area contributed by atoms with Crippen LogP contribution in [0.4, 0.5) is 0 Å². The number of β-lactam (4-membered cyclic amide) rings is 1. The highest BCUT2D eigenvalue weighted by molar-refractivity contribution is 6.04. The van der Waals surface area contributed by atoms with Gasteiger partial charge in [-0.1, -0.05) is 60.7 Å². The predicted molar refractivity (Wildman–Crippen MR) is 76.3 cm³/mol. The molecule has 0 spiro atoms. The Bertz CT molecular complexity index is 602. The monoisotopic (exact) mass is 249 g/mol. The molecule has 0 radical (unpaired) electrons. The smallest absolute Gasteiger partial charge is 0.252 e. The Morgan fingerprint density at radius 3 is 2.21 bits per heavy atom. The minimum absolute atomic E-state index is 0.146. The van der Waals surface area contributed by atoms with Gasteiger partial charge in [0.25, 0.3) is 5.91 Å². The van der Waals surface area contributed by atoms with E-state index in [1.54, 1.807) is 0 Å². The molecule has 94 valence electrons. The molecule has 1 aliphatic rings. The fraction of sp³-hybridized carbons (Fsp3) is 0.118. The summed E-state index contributed by atoms with van der Waals surface area (Å²) in [4.78, 5) is 13.9. The van der Waals surface area contributed by atoms with Crippen molar-refractivity contribution in [3.8, 4) is 0 Å². The van der Waals surface area contributed by atoms with E-state index in [1.807, 2.05) is 71.6 Å². The zero-order valence-corrected chi connectivity index (χ0v) is 10.6. The lowest BCUT2D eigenvalue weighted by atomic mass is 10.0. The molecule has 1 amide bonds. The van der Waals surface area contributed by atoms with Gasteiger partial charge < -0.3 is 4.90 Å². The van der Waals surface area contributed by atoms with Crippen LogP contribution in [-0.2, 0) is 11.3 Å². The van der Waals surface area contributed by atoms with Crippen LogP contribution in [0.5, 0.6) is 0 Å². The third-order valence-electron chi connectivity index (χ3n) is 3.28. The number of benzene rings is 2. The number of carbonyl (C=O) groups is 1. The van der Waals surface area contributed by atoms with Crippen LogP contribution >= 0.6 is 0 Å². The summed E-state index contributed by atoms with van der Waals surface area (Å²) in [6, 6.07) is 20.1. The van der Waals surface area contributed by atoms with Crippen molar-refractivity contribution >= 4 is 12.0 Å². The first-order valence-corrected chi connectivity index (χ1v) is 6.42. The van der Waals surface area contributed by atoms with E-state index in [9.17, 15) is 4.79 Å². The Labute approximate surface area is 113 Å². The molecule has 0 aliphatic carbocycles. The van der Waals surface area contributed by atoms with Gasteiger partial charge in [0.05, 0.1) is 6.54 Å². The minimum atomic E-state index is 0.146. The van der Waals surface area contributed by atoms with Crippen LogP contribution in [0.25, 0.3) is 6.08 Å². The molecule has 19 heavy (non-hydrogen) atoms. The number of nitrogens with zero attached hydrogens (tertiary/aromatic N) is 1. The van der Waals surface area contributed by atoms with Crippen molar-refractivity contribution in [2.45, 2.75) is 6.54 Å². The van der Waals surface area contributed by atoms with Crippen LogP contribution in [-0.4, -0.2) is 17.4 Å². The summed E-state index contributed by atoms with van der Waals surface area (Å²) in [6.45, 7) is 1.44. The minimum Gasteiger partial charge on any atom is -0.330 e. The molecule has 1 aliphatic heterocycles. The number of likely N-dealkylation sites (tertiary alicyclic amines) is 1. The highest BCUT2D eigenvalue weighted by Crippen LogP contribution is 2.22. The van der Waals surface area contributed by atoms with Crippen LogP contribution in [0.15, 0.2) is 66.2 Å². The standard InChI is InChI=1S/C17H15NO/c19-17-16(11-14-7-3-1-4-8-14)13-18(17)12-15-9-5-2-6-10-15/h1-11H,12-13H2/b16-11-. The van der Waals surface area contributed by atoms with E-state index < -0.39 is 0 Å². The Kier molecular flexibility index (Phi) is 3.15. The van der Waals surface area contributed by atoms with Gasteiger partial charge in [0.2, 0.25) is 0 Å². The quantitative estimate of drug-likeness (QED) is 0.604. The van der Waals surface area contributed by atoms with Gasteiger partial charge in [-0.25, -0.2) is 0 Å². The Morgan fingerprint density at radius 2 is 1.58 bits per heavy atom. The number of carbonyl (C=O) groups excluding carboxylic acids is 1. The van der Waals surface area contributed by atoms with E-state index in [0.717, 1.165) is 17.7 Å². The van der Waals surface area contributed by atoms with Crippen LogP contribution in [0.2, 0.25) is 0 Å². The zero-order valence-electron chi connectivity index (χ0n) is 10.6. The molecule has 2 aromatic carbocycles. The second-order valence-electron chi connectivity index (χ2n) is 4.73. The Hall–Kier alpha value is -2.35. The molecule has 2 heteroatoms. The average molecular weight is 249 g/mol. The molecular formula is C17H15NO. The fourth-order valence-corrected chi connectivity index (χ4v) is 2.25. The van der Waals surface area contributed by atoms with E-state index in [2.05, 4.69) is 0 Å². The summed E-state index contributed by atoms with van der Waals surface area (Å²) in [5.41, 5.74) is 3.15. The molecule has 2 aromatic rings. The number of amides is 1. The second kappa shape index (κ2) is 5.11. The summed E-state index contributed by atoms with van der Waals surface area (Å²) >= 11 is 0. The number of hydrogen-bond acceptors (Lipinski definition) is 1. The predicted octanol–water partition coefficient (Wildman–Crippen LogP) is 3.11. The normalized spacial score (nSPS) is 16.5. The first-order chi connectivity index (χ1) is 9.33. The molecule has 1 heterocycles. The van der Waals surface area contributed by atoms with E-state index >= 15 is 0 Å². The van der Waals surface area contributed by atoms with Crippen LogP contribution < -0.4 is 0 Å². The molecule has 0 N–H and O–H groups in total. The largest absolute Gasteiger partial charge is 0.330 e. The van der Waals surface area contributed by atoms with E-state index in [4.69, 9.17) is 0 Å². The molecular weight excluding hydrogens is 234 g/mol. The third kappa shape index (κ3) is 2.58. The van der Waals surface area contributed by atoms with E-state index in [1.165, 1.54) is 5.56 Å². The first-order valence-electron chi connectivity index (χ1n) is 6.42. The van der Waals surface area contributed by atoms with Gasteiger partial charge in [-0.2, -0.15) is 0 Å².